The van der Waals surface area contributed by atoms with E-state index in [1.54, 1.807) is 11.8 Å². The van der Waals surface area contributed by atoms with Crippen molar-refractivity contribution in [1.82, 2.24) is 14.9 Å². The van der Waals surface area contributed by atoms with E-state index in [4.69, 9.17) is 0 Å². The quantitative estimate of drug-likeness (QED) is 0.851. The fourth-order valence-electron chi connectivity index (χ4n) is 2.51. The van der Waals surface area contributed by atoms with Crippen LogP contribution in [0, 0.1) is 6.92 Å². The molecule has 0 bridgehead atoms. The first-order chi connectivity index (χ1) is 10.4. The van der Waals surface area contributed by atoms with Crippen molar-refractivity contribution in [2.45, 2.75) is 38.9 Å². The summed E-state index contributed by atoms with van der Waals surface area (Å²) in [6.07, 6.45) is 1.98. The summed E-state index contributed by atoms with van der Waals surface area (Å²) in [6.45, 7) is 11.4. The molecule has 6 heteroatoms. The van der Waals surface area contributed by atoms with Crippen molar-refractivity contribution >= 4 is 23.5 Å². The van der Waals surface area contributed by atoms with Crippen LogP contribution in [-0.2, 0) is 4.79 Å². The molecule has 1 atom stereocenters. The molecule has 0 unspecified atom stereocenters. The maximum Gasteiger partial charge on any atom is 0.235 e. The Bertz CT molecular complexity index is 527. The maximum absolute atomic E-state index is 12.2. The Balaban J connectivity index is 2.04. The number of thioether (sulfide) groups is 1. The lowest BCUT2D eigenvalue weighted by atomic mass is 10.2. The molecule has 0 saturated carbocycles. The third kappa shape index (κ3) is 3.91. The zero-order valence-corrected chi connectivity index (χ0v) is 15.0. The Kier molecular flexibility index (Phi) is 5.67. The van der Waals surface area contributed by atoms with Crippen LogP contribution in [0.2, 0.25) is 0 Å². The van der Waals surface area contributed by atoms with Crippen molar-refractivity contribution in [3.8, 4) is 0 Å². The van der Waals surface area contributed by atoms with Crippen molar-refractivity contribution < 1.29 is 4.79 Å². The number of amides is 1. The van der Waals surface area contributed by atoms with Gasteiger partial charge in [0.1, 0.15) is 11.6 Å². The van der Waals surface area contributed by atoms with Crippen LogP contribution in [0.5, 0.6) is 0 Å². The highest BCUT2D eigenvalue weighted by molar-refractivity contribution is 7.99. The lowest BCUT2D eigenvalue weighted by Gasteiger charge is -2.36. The minimum atomic E-state index is 0.0420. The third-order valence-corrected chi connectivity index (χ3v) is 4.90. The topological polar surface area (TPSA) is 49.3 Å². The minimum Gasteiger partial charge on any atom is -0.353 e. The number of nitrogens with zero attached hydrogens (tertiary/aromatic N) is 4. The number of aryl methyl sites for hydroxylation is 1. The Hall–Kier alpha value is -1.30. The number of hydrogen-bond donors (Lipinski definition) is 0. The SMILES string of the molecule is CS[C@H](C)C(=O)N1CCN(c2cc(C)nc(C(C)C)n2)CC1. The van der Waals surface area contributed by atoms with E-state index in [1.165, 1.54) is 0 Å². The largest absolute Gasteiger partial charge is 0.353 e. The summed E-state index contributed by atoms with van der Waals surface area (Å²) in [6, 6.07) is 2.04. The Morgan fingerprint density at radius 1 is 1.18 bits per heavy atom. The van der Waals surface area contributed by atoms with Gasteiger partial charge in [0.25, 0.3) is 0 Å². The molecule has 1 aliphatic rings. The van der Waals surface area contributed by atoms with E-state index in [-0.39, 0.29) is 11.2 Å². The van der Waals surface area contributed by atoms with Gasteiger partial charge in [-0.25, -0.2) is 9.97 Å². The number of piperazine rings is 1. The van der Waals surface area contributed by atoms with Crippen molar-refractivity contribution in [1.29, 1.82) is 0 Å². The second-order valence-electron chi connectivity index (χ2n) is 6.07. The second-order valence-corrected chi connectivity index (χ2v) is 7.25. The Morgan fingerprint density at radius 2 is 1.82 bits per heavy atom. The third-order valence-electron chi connectivity index (χ3n) is 3.99. The van der Waals surface area contributed by atoms with Gasteiger partial charge in [-0.05, 0) is 20.1 Å². The van der Waals surface area contributed by atoms with Crippen molar-refractivity contribution in [2.24, 2.45) is 0 Å². The van der Waals surface area contributed by atoms with E-state index in [0.717, 1.165) is 43.5 Å². The van der Waals surface area contributed by atoms with Crippen molar-refractivity contribution in [3.05, 3.63) is 17.6 Å². The molecule has 2 rings (SSSR count). The molecular formula is C16H26N4OS. The van der Waals surface area contributed by atoms with Crippen LogP contribution < -0.4 is 4.90 Å². The molecule has 0 spiro atoms. The molecule has 0 N–H and O–H groups in total. The molecule has 0 aliphatic carbocycles. The molecular weight excluding hydrogens is 296 g/mol. The van der Waals surface area contributed by atoms with Gasteiger partial charge in [-0.3, -0.25) is 4.79 Å². The van der Waals surface area contributed by atoms with E-state index in [9.17, 15) is 4.79 Å². The van der Waals surface area contributed by atoms with E-state index < -0.39 is 0 Å². The van der Waals surface area contributed by atoms with Crippen molar-refractivity contribution in [3.63, 3.8) is 0 Å². The number of anilines is 1. The number of hydrogen-bond acceptors (Lipinski definition) is 5. The highest BCUT2D eigenvalue weighted by atomic mass is 32.2. The standard InChI is InChI=1S/C16H26N4OS/c1-11(2)15-17-12(3)10-14(18-15)19-6-8-20(9-7-19)16(21)13(4)22-5/h10-11,13H,6-9H2,1-5H3/t13-/m1/s1. The second kappa shape index (κ2) is 7.31. The molecule has 5 nitrogen and oxygen atoms in total. The minimum absolute atomic E-state index is 0.0420. The van der Waals surface area contributed by atoms with Crippen LogP contribution in [0.1, 0.15) is 38.2 Å². The van der Waals surface area contributed by atoms with Crippen LogP contribution in [0.3, 0.4) is 0 Å². The van der Waals surface area contributed by atoms with E-state index in [1.807, 2.05) is 31.1 Å². The van der Waals surface area contributed by atoms with Crippen LogP contribution in [0.4, 0.5) is 5.82 Å². The molecule has 1 saturated heterocycles. The average Bonchev–Trinajstić information content (AvgIpc) is 2.53. The molecule has 0 radical (unpaired) electrons. The van der Waals surface area contributed by atoms with Crippen molar-refractivity contribution in [2.75, 3.05) is 37.3 Å². The van der Waals surface area contributed by atoms with E-state index >= 15 is 0 Å². The fraction of sp³-hybridized carbons (Fsp3) is 0.688. The van der Waals surface area contributed by atoms with Gasteiger partial charge >= 0.3 is 0 Å². The summed E-state index contributed by atoms with van der Waals surface area (Å²) >= 11 is 1.61. The van der Waals surface area contributed by atoms with Crippen LogP contribution in [0.15, 0.2) is 6.07 Å². The molecule has 1 aromatic rings. The van der Waals surface area contributed by atoms with Crippen LogP contribution in [-0.4, -0.2) is 58.5 Å². The van der Waals surface area contributed by atoms with Crippen LogP contribution in [0.25, 0.3) is 0 Å². The summed E-state index contributed by atoms with van der Waals surface area (Å²) in [7, 11) is 0. The Labute approximate surface area is 137 Å². The summed E-state index contributed by atoms with van der Waals surface area (Å²) in [5.74, 6) is 2.45. The van der Waals surface area contributed by atoms with E-state index in [0.29, 0.717) is 5.92 Å². The zero-order chi connectivity index (χ0) is 16.3. The number of rotatable bonds is 4. The Morgan fingerprint density at radius 3 is 2.36 bits per heavy atom. The summed E-state index contributed by atoms with van der Waals surface area (Å²) in [4.78, 5) is 25.6. The van der Waals surface area contributed by atoms with Gasteiger partial charge in [0.2, 0.25) is 5.91 Å². The summed E-state index contributed by atoms with van der Waals surface area (Å²) < 4.78 is 0. The normalized spacial score (nSPS) is 17.0. The molecule has 1 aliphatic heterocycles. The van der Waals surface area contributed by atoms with E-state index in [2.05, 4.69) is 28.7 Å². The first-order valence-corrected chi connectivity index (χ1v) is 9.13. The van der Waals surface area contributed by atoms with Gasteiger partial charge < -0.3 is 9.80 Å². The molecule has 2 heterocycles. The first kappa shape index (κ1) is 17.1. The maximum atomic E-state index is 12.2. The smallest absolute Gasteiger partial charge is 0.235 e. The fourth-order valence-corrected chi connectivity index (χ4v) is 2.86. The van der Waals surface area contributed by atoms with Gasteiger partial charge in [-0.15, -0.1) is 0 Å². The predicted octanol–water partition coefficient (Wildman–Crippen LogP) is 2.31. The molecule has 22 heavy (non-hydrogen) atoms. The molecule has 1 fully saturated rings. The average molecular weight is 322 g/mol. The lowest BCUT2D eigenvalue weighted by Crippen LogP contribution is -2.51. The number of carbonyl (C=O) groups excluding carboxylic acids is 1. The zero-order valence-electron chi connectivity index (χ0n) is 14.2. The molecule has 0 aromatic carbocycles. The van der Waals surface area contributed by atoms with Gasteiger partial charge in [0, 0.05) is 43.9 Å². The predicted molar refractivity (Wildman–Crippen MR) is 92.6 cm³/mol. The molecule has 1 amide bonds. The molecule has 1 aromatic heterocycles. The van der Waals surface area contributed by atoms with Gasteiger partial charge in [-0.2, -0.15) is 11.8 Å². The van der Waals surface area contributed by atoms with Gasteiger partial charge in [-0.1, -0.05) is 13.8 Å². The molecule has 122 valence electrons. The summed E-state index contributed by atoms with van der Waals surface area (Å²) in [5, 5.41) is 0.0420. The highest BCUT2D eigenvalue weighted by Crippen LogP contribution is 2.19. The highest BCUT2D eigenvalue weighted by Gasteiger charge is 2.25. The lowest BCUT2D eigenvalue weighted by molar-refractivity contribution is -0.130. The van der Waals surface area contributed by atoms with Gasteiger partial charge in [0.15, 0.2) is 0 Å². The number of aromatic nitrogens is 2. The summed E-state index contributed by atoms with van der Waals surface area (Å²) in [5.41, 5.74) is 1.00. The van der Waals surface area contributed by atoms with Crippen LogP contribution >= 0.6 is 11.8 Å². The first-order valence-electron chi connectivity index (χ1n) is 7.84. The monoisotopic (exact) mass is 322 g/mol. The van der Waals surface area contributed by atoms with Gasteiger partial charge in [0.05, 0.1) is 5.25 Å². The number of carbonyl (C=O) groups is 1.